The van der Waals surface area contributed by atoms with E-state index in [1.807, 2.05) is 12.4 Å². The Morgan fingerprint density at radius 2 is 2.54 bits per heavy atom. The molecular formula is C8H13N3OS. The third kappa shape index (κ3) is 4.00. The van der Waals surface area contributed by atoms with Crippen LogP contribution in [0.2, 0.25) is 0 Å². The van der Waals surface area contributed by atoms with Gasteiger partial charge in [-0.3, -0.25) is 4.79 Å². The van der Waals surface area contributed by atoms with Crippen molar-refractivity contribution < 1.29 is 4.79 Å². The van der Waals surface area contributed by atoms with Gasteiger partial charge >= 0.3 is 0 Å². The number of thiazole rings is 1. The van der Waals surface area contributed by atoms with Crippen molar-refractivity contribution in [1.82, 2.24) is 15.6 Å². The van der Waals surface area contributed by atoms with Crippen molar-refractivity contribution in [2.24, 2.45) is 0 Å². The first-order valence-corrected chi connectivity index (χ1v) is 5.00. The van der Waals surface area contributed by atoms with Crippen LogP contribution < -0.4 is 10.6 Å². The number of hydrogen-bond acceptors (Lipinski definition) is 4. The Morgan fingerprint density at radius 1 is 1.69 bits per heavy atom. The lowest BCUT2D eigenvalue weighted by Crippen LogP contribution is -2.25. The number of amides is 1. The molecule has 13 heavy (non-hydrogen) atoms. The standard InChI is InChI=1S/C8H13N3OS/c1-9-3-2-7(12)11-6-8-10-4-5-13-8/h4-5,9H,2-3,6H2,1H3,(H,11,12). The molecule has 1 aromatic rings. The second-order valence-corrected chi connectivity index (χ2v) is 3.54. The third-order valence-corrected chi connectivity index (χ3v) is 2.30. The fourth-order valence-corrected chi connectivity index (χ4v) is 1.40. The summed E-state index contributed by atoms with van der Waals surface area (Å²) < 4.78 is 0. The second kappa shape index (κ2) is 5.66. The monoisotopic (exact) mass is 199 g/mol. The van der Waals surface area contributed by atoms with Gasteiger partial charge in [-0.15, -0.1) is 11.3 Å². The van der Waals surface area contributed by atoms with E-state index in [1.54, 1.807) is 17.5 Å². The summed E-state index contributed by atoms with van der Waals surface area (Å²) in [6, 6.07) is 0. The lowest BCUT2D eigenvalue weighted by molar-refractivity contribution is -0.121. The number of nitrogens with zero attached hydrogens (tertiary/aromatic N) is 1. The van der Waals surface area contributed by atoms with Gasteiger partial charge in [-0.05, 0) is 7.05 Å². The summed E-state index contributed by atoms with van der Waals surface area (Å²) in [5.74, 6) is 0.0598. The van der Waals surface area contributed by atoms with Crippen molar-refractivity contribution in [1.29, 1.82) is 0 Å². The van der Waals surface area contributed by atoms with Gasteiger partial charge in [0.2, 0.25) is 5.91 Å². The number of carbonyl (C=O) groups is 1. The Kier molecular flexibility index (Phi) is 4.42. The molecule has 5 heteroatoms. The normalized spacial score (nSPS) is 9.92. The fraction of sp³-hybridized carbons (Fsp3) is 0.500. The van der Waals surface area contributed by atoms with Crippen LogP contribution in [0.25, 0.3) is 0 Å². The van der Waals surface area contributed by atoms with Crippen LogP contribution in [0.4, 0.5) is 0 Å². The van der Waals surface area contributed by atoms with Crippen LogP contribution >= 0.6 is 11.3 Å². The van der Waals surface area contributed by atoms with E-state index in [2.05, 4.69) is 15.6 Å². The molecule has 0 atom stereocenters. The van der Waals surface area contributed by atoms with E-state index < -0.39 is 0 Å². The van der Waals surface area contributed by atoms with Crippen molar-refractivity contribution in [3.8, 4) is 0 Å². The number of nitrogens with one attached hydrogen (secondary N) is 2. The molecule has 0 unspecified atom stereocenters. The maximum atomic E-state index is 11.1. The number of rotatable bonds is 5. The van der Waals surface area contributed by atoms with Crippen LogP contribution in [-0.2, 0) is 11.3 Å². The minimum atomic E-state index is 0.0598. The summed E-state index contributed by atoms with van der Waals surface area (Å²) in [4.78, 5) is 15.2. The molecule has 0 spiro atoms. The molecule has 0 fully saturated rings. The van der Waals surface area contributed by atoms with Gasteiger partial charge in [0.05, 0.1) is 6.54 Å². The topological polar surface area (TPSA) is 54.0 Å². The first-order valence-electron chi connectivity index (χ1n) is 4.12. The minimum Gasteiger partial charge on any atom is -0.350 e. The van der Waals surface area contributed by atoms with Crippen molar-refractivity contribution in [3.05, 3.63) is 16.6 Å². The van der Waals surface area contributed by atoms with Crippen molar-refractivity contribution in [2.75, 3.05) is 13.6 Å². The largest absolute Gasteiger partial charge is 0.350 e. The Labute approximate surface area is 81.4 Å². The second-order valence-electron chi connectivity index (χ2n) is 2.56. The minimum absolute atomic E-state index is 0.0598. The quantitative estimate of drug-likeness (QED) is 0.720. The summed E-state index contributed by atoms with van der Waals surface area (Å²) in [7, 11) is 1.83. The zero-order valence-corrected chi connectivity index (χ0v) is 8.36. The molecule has 0 saturated carbocycles. The van der Waals surface area contributed by atoms with Crippen molar-refractivity contribution in [2.45, 2.75) is 13.0 Å². The van der Waals surface area contributed by atoms with E-state index >= 15 is 0 Å². The van der Waals surface area contributed by atoms with Gasteiger partial charge in [-0.1, -0.05) is 0 Å². The molecule has 1 rings (SSSR count). The lowest BCUT2D eigenvalue weighted by Gasteiger charge is -2.01. The first kappa shape index (κ1) is 10.1. The van der Waals surface area contributed by atoms with Crippen LogP contribution in [0.3, 0.4) is 0 Å². The average molecular weight is 199 g/mol. The van der Waals surface area contributed by atoms with E-state index in [-0.39, 0.29) is 5.91 Å². The first-order chi connectivity index (χ1) is 6.33. The van der Waals surface area contributed by atoms with E-state index in [0.29, 0.717) is 19.5 Å². The van der Waals surface area contributed by atoms with Gasteiger partial charge in [0.25, 0.3) is 0 Å². The van der Waals surface area contributed by atoms with Gasteiger partial charge in [0.1, 0.15) is 5.01 Å². The molecule has 0 aliphatic heterocycles. The molecule has 1 amide bonds. The van der Waals surface area contributed by atoms with Gasteiger partial charge in [0.15, 0.2) is 0 Å². The molecule has 2 N–H and O–H groups in total. The zero-order valence-electron chi connectivity index (χ0n) is 7.54. The van der Waals surface area contributed by atoms with Crippen molar-refractivity contribution >= 4 is 17.2 Å². The summed E-state index contributed by atoms with van der Waals surface area (Å²) in [5.41, 5.74) is 0. The van der Waals surface area contributed by atoms with Gasteiger partial charge in [-0.25, -0.2) is 4.98 Å². The maximum Gasteiger partial charge on any atom is 0.221 e. The van der Waals surface area contributed by atoms with Gasteiger partial charge in [0, 0.05) is 24.5 Å². The maximum absolute atomic E-state index is 11.1. The summed E-state index contributed by atoms with van der Waals surface area (Å²) in [6.45, 7) is 1.25. The highest BCUT2D eigenvalue weighted by molar-refractivity contribution is 7.09. The predicted octanol–water partition coefficient (Wildman–Crippen LogP) is 0.369. The van der Waals surface area contributed by atoms with Crippen molar-refractivity contribution in [3.63, 3.8) is 0 Å². The highest BCUT2D eigenvalue weighted by Gasteiger charge is 2.00. The fourth-order valence-electron chi connectivity index (χ4n) is 0.841. The SMILES string of the molecule is CNCCC(=O)NCc1nccs1. The Hall–Kier alpha value is -0.940. The van der Waals surface area contributed by atoms with Crippen LogP contribution in [0, 0.1) is 0 Å². The zero-order chi connectivity index (χ0) is 9.52. The molecule has 0 aliphatic carbocycles. The number of hydrogen-bond donors (Lipinski definition) is 2. The highest BCUT2D eigenvalue weighted by Crippen LogP contribution is 2.02. The molecule has 1 aromatic heterocycles. The van der Waals surface area contributed by atoms with E-state index in [0.717, 1.165) is 5.01 Å². The molecule has 0 radical (unpaired) electrons. The Morgan fingerprint density at radius 3 is 3.15 bits per heavy atom. The molecule has 4 nitrogen and oxygen atoms in total. The smallest absolute Gasteiger partial charge is 0.221 e. The highest BCUT2D eigenvalue weighted by atomic mass is 32.1. The number of aromatic nitrogens is 1. The van der Waals surface area contributed by atoms with Crippen LogP contribution in [0.1, 0.15) is 11.4 Å². The summed E-state index contributed by atoms with van der Waals surface area (Å²) >= 11 is 1.55. The van der Waals surface area contributed by atoms with E-state index in [1.165, 1.54) is 0 Å². The molecule has 72 valence electrons. The Balaban J connectivity index is 2.15. The lowest BCUT2D eigenvalue weighted by atomic mass is 10.4. The molecule has 0 saturated heterocycles. The molecular weight excluding hydrogens is 186 g/mol. The summed E-state index contributed by atoms with van der Waals surface area (Å²) in [5, 5.41) is 8.55. The van der Waals surface area contributed by atoms with Crippen LogP contribution in [0.5, 0.6) is 0 Å². The molecule has 0 aliphatic rings. The van der Waals surface area contributed by atoms with Gasteiger partial charge < -0.3 is 10.6 Å². The average Bonchev–Trinajstić information content (AvgIpc) is 2.64. The third-order valence-electron chi connectivity index (χ3n) is 1.52. The predicted molar refractivity (Wildman–Crippen MR) is 52.5 cm³/mol. The molecule has 0 aromatic carbocycles. The van der Waals surface area contributed by atoms with Crippen LogP contribution in [-0.4, -0.2) is 24.5 Å². The van der Waals surface area contributed by atoms with Crippen LogP contribution in [0.15, 0.2) is 11.6 Å². The molecule has 0 bridgehead atoms. The number of carbonyl (C=O) groups excluding carboxylic acids is 1. The van der Waals surface area contributed by atoms with E-state index in [9.17, 15) is 4.79 Å². The van der Waals surface area contributed by atoms with Gasteiger partial charge in [-0.2, -0.15) is 0 Å². The Bertz CT molecular complexity index is 248. The molecule has 1 heterocycles. The summed E-state index contributed by atoms with van der Waals surface area (Å²) in [6.07, 6.45) is 2.25. The van der Waals surface area contributed by atoms with E-state index in [4.69, 9.17) is 0 Å².